The number of hydrogen-bond donors (Lipinski definition) is 1. The zero-order valence-electron chi connectivity index (χ0n) is 11.3. The number of aromatic nitrogens is 1. The van der Waals surface area contributed by atoms with Crippen molar-refractivity contribution >= 4 is 26.9 Å². The topological polar surface area (TPSA) is 46.3 Å². The Balaban J connectivity index is 1.74. The molecule has 4 heteroatoms. The van der Waals surface area contributed by atoms with E-state index in [2.05, 4.69) is 27.0 Å². The molecule has 21 heavy (non-hydrogen) atoms. The highest BCUT2D eigenvalue weighted by atomic mass is 79.9. The Bertz CT molecular complexity index is 811. The van der Waals surface area contributed by atoms with E-state index < -0.39 is 6.10 Å². The molecule has 0 saturated heterocycles. The monoisotopic (exact) mass is 343 g/mol. The number of rotatable bonds is 2. The lowest BCUT2D eigenvalue weighted by Crippen LogP contribution is -2.08. The molecule has 0 spiro atoms. The summed E-state index contributed by atoms with van der Waals surface area (Å²) < 4.78 is 6.77. The van der Waals surface area contributed by atoms with Gasteiger partial charge in [0.15, 0.2) is 0 Å². The van der Waals surface area contributed by atoms with Crippen LogP contribution in [-0.2, 0) is 6.42 Å². The van der Waals surface area contributed by atoms with Crippen LogP contribution in [0, 0.1) is 0 Å². The quantitative estimate of drug-likeness (QED) is 0.752. The number of nitrogens with zero attached hydrogens (tertiary/aromatic N) is 1. The number of fused-ring (bicyclic) bond motifs is 2. The van der Waals surface area contributed by atoms with E-state index in [0.717, 1.165) is 34.0 Å². The van der Waals surface area contributed by atoms with Gasteiger partial charge in [-0.2, -0.15) is 0 Å². The van der Waals surface area contributed by atoms with Crippen molar-refractivity contribution in [3.63, 3.8) is 0 Å². The molecule has 0 aliphatic heterocycles. The molecule has 1 aromatic carbocycles. The zero-order valence-corrected chi connectivity index (χ0v) is 12.9. The average molecular weight is 344 g/mol. The maximum absolute atomic E-state index is 10.7. The lowest BCUT2D eigenvalue weighted by Gasteiger charge is -2.16. The van der Waals surface area contributed by atoms with Crippen molar-refractivity contribution in [2.24, 2.45) is 0 Å². The van der Waals surface area contributed by atoms with Gasteiger partial charge >= 0.3 is 0 Å². The summed E-state index contributed by atoms with van der Waals surface area (Å²) in [6.45, 7) is 0. The molecule has 3 nitrogen and oxygen atoms in total. The van der Waals surface area contributed by atoms with Crippen LogP contribution in [0.2, 0.25) is 0 Å². The second kappa shape index (κ2) is 4.97. The first-order valence-electron chi connectivity index (χ1n) is 7.04. The van der Waals surface area contributed by atoms with E-state index in [4.69, 9.17) is 4.42 Å². The minimum absolute atomic E-state index is 0.0144. The number of aliphatic hydroxyl groups excluding tert-OH is 1. The van der Waals surface area contributed by atoms with Gasteiger partial charge in [0.25, 0.3) is 0 Å². The molecule has 0 saturated carbocycles. The first-order valence-corrected chi connectivity index (χ1v) is 7.83. The fourth-order valence-electron chi connectivity index (χ4n) is 3.14. The molecule has 3 aromatic rings. The van der Waals surface area contributed by atoms with Gasteiger partial charge in [-0.1, -0.05) is 18.2 Å². The number of benzene rings is 1. The third-order valence-electron chi connectivity index (χ3n) is 4.19. The molecule has 2 aromatic heterocycles. The van der Waals surface area contributed by atoms with Crippen molar-refractivity contribution in [3.8, 4) is 0 Å². The van der Waals surface area contributed by atoms with Crippen LogP contribution >= 0.6 is 15.9 Å². The molecular formula is C17H14BrNO2. The number of furan rings is 1. The first kappa shape index (κ1) is 13.0. The number of para-hydroxylation sites is 1. The predicted molar refractivity (Wildman–Crippen MR) is 84.2 cm³/mol. The minimum atomic E-state index is -0.652. The third-order valence-corrected chi connectivity index (χ3v) is 4.81. The van der Waals surface area contributed by atoms with E-state index >= 15 is 0 Å². The Morgan fingerprint density at radius 1 is 1.29 bits per heavy atom. The van der Waals surface area contributed by atoms with Gasteiger partial charge < -0.3 is 9.52 Å². The Morgan fingerprint density at radius 3 is 3.05 bits per heavy atom. The van der Waals surface area contributed by atoms with Crippen molar-refractivity contribution in [2.75, 3.05) is 0 Å². The van der Waals surface area contributed by atoms with Crippen LogP contribution in [0.25, 0.3) is 11.0 Å². The summed E-state index contributed by atoms with van der Waals surface area (Å²) in [4.78, 5) is 4.45. The molecular weight excluding hydrogens is 330 g/mol. The number of aryl methyl sites for hydroxylation is 1. The lowest BCUT2D eigenvalue weighted by molar-refractivity contribution is 0.120. The zero-order chi connectivity index (χ0) is 14.4. The van der Waals surface area contributed by atoms with Crippen molar-refractivity contribution in [3.05, 3.63) is 64.1 Å². The van der Waals surface area contributed by atoms with Crippen molar-refractivity contribution in [1.82, 2.24) is 4.98 Å². The van der Waals surface area contributed by atoms with Crippen LogP contribution in [0.5, 0.6) is 0 Å². The normalized spacial score (nSPS) is 18.9. The number of halogens is 1. The Hall–Kier alpha value is -1.65. The molecule has 1 aliphatic carbocycles. The largest absolute Gasteiger partial charge is 0.457 e. The van der Waals surface area contributed by atoms with Crippen LogP contribution in [0.3, 0.4) is 0 Å². The second-order valence-electron chi connectivity index (χ2n) is 5.44. The first-order chi connectivity index (χ1) is 10.2. The van der Waals surface area contributed by atoms with Crippen molar-refractivity contribution in [2.45, 2.75) is 24.9 Å². The molecule has 0 fully saturated rings. The minimum Gasteiger partial charge on any atom is -0.457 e. The van der Waals surface area contributed by atoms with Crippen LogP contribution in [0.4, 0.5) is 0 Å². The van der Waals surface area contributed by atoms with E-state index in [-0.39, 0.29) is 5.92 Å². The SMILES string of the molecule is OC(c1cc2cccc(Br)c2o1)C1CCc2cccnc21. The maximum atomic E-state index is 10.7. The summed E-state index contributed by atoms with van der Waals surface area (Å²) >= 11 is 3.48. The van der Waals surface area contributed by atoms with E-state index in [1.54, 1.807) is 6.20 Å². The standard InChI is InChI=1S/C17H14BrNO2/c18-13-5-1-3-11-9-14(21-17(11)13)16(20)12-7-6-10-4-2-8-19-15(10)12/h1-5,8-9,12,16,20H,6-7H2. The molecule has 1 N–H and O–H groups in total. The number of aliphatic hydroxyl groups is 1. The summed E-state index contributed by atoms with van der Waals surface area (Å²) in [6, 6.07) is 11.8. The summed E-state index contributed by atoms with van der Waals surface area (Å²) in [5, 5.41) is 11.7. The van der Waals surface area contributed by atoms with Crippen LogP contribution in [-0.4, -0.2) is 10.1 Å². The van der Waals surface area contributed by atoms with E-state index in [0.29, 0.717) is 5.76 Å². The highest BCUT2D eigenvalue weighted by molar-refractivity contribution is 9.10. The maximum Gasteiger partial charge on any atom is 0.148 e. The van der Waals surface area contributed by atoms with Crippen LogP contribution < -0.4 is 0 Å². The van der Waals surface area contributed by atoms with Gasteiger partial charge in [-0.05, 0) is 52.5 Å². The molecule has 0 bridgehead atoms. The Kier molecular flexibility index (Phi) is 3.08. The second-order valence-corrected chi connectivity index (χ2v) is 6.30. The van der Waals surface area contributed by atoms with Gasteiger partial charge in [0.2, 0.25) is 0 Å². The van der Waals surface area contributed by atoms with Crippen LogP contribution in [0.1, 0.15) is 35.5 Å². The van der Waals surface area contributed by atoms with E-state index in [1.165, 1.54) is 5.56 Å². The third kappa shape index (κ3) is 2.10. The summed E-state index contributed by atoms with van der Waals surface area (Å²) in [5.74, 6) is 0.626. The fraction of sp³-hybridized carbons (Fsp3) is 0.235. The Morgan fingerprint density at radius 2 is 2.19 bits per heavy atom. The predicted octanol–water partition coefficient (Wildman–Crippen LogP) is 4.35. The van der Waals surface area contributed by atoms with Crippen molar-refractivity contribution in [1.29, 1.82) is 0 Å². The summed E-state index contributed by atoms with van der Waals surface area (Å²) in [6.07, 6.45) is 3.01. The molecule has 2 unspecified atom stereocenters. The molecule has 106 valence electrons. The number of hydrogen-bond acceptors (Lipinski definition) is 3. The fourth-order valence-corrected chi connectivity index (χ4v) is 3.61. The van der Waals surface area contributed by atoms with Gasteiger partial charge in [-0.3, -0.25) is 4.98 Å². The lowest BCUT2D eigenvalue weighted by atomic mass is 9.97. The molecule has 4 rings (SSSR count). The van der Waals surface area contributed by atoms with E-state index in [1.807, 2.05) is 30.3 Å². The van der Waals surface area contributed by atoms with Gasteiger partial charge in [-0.25, -0.2) is 0 Å². The van der Waals surface area contributed by atoms with E-state index in [9.17, 15) is 5.11 Å². The number of pyridine rings is 1. The molecule has 2 atom stereocenters. The smallest absolute Gasteiger partial charge is 0.148 e. The summed E-state index contributed by atoms with van der Waals surface area (Å²) in [7, 11) is 0. The molecule has 0 radical (unpaired) electrons. The van der Waals surface area contributed by atoms with Crippen LogP contribution in [0.15, 0.2) is 51.5 Å². The highest BCUT2D eigenvalue weighted by Crippen LogP contribution is 2.42. The Labute approximate surface area is 130 Å². The van der Waals surface area contributed by atoms with Gasteiger partial charge in [-0.15, -0.1) is 0 Å². The molecule has 1 aliphatic rings. The van der Waals surface area contributed by atoms with Gasteiger partial charge in [0, 0.05) is 23.2 Å². The van der Waals surface area contributed by atoms with Crippen molar-refractivity contribution < 1.29 is 9.52 Å². The average Bonchev–Trinajstić information content (AvgIpc) is 3.11. The van der Waals surface area contributed by atoms with Gasteiger partial charge in [0.05, 0.1) is 4.47 Å². The summed E-state index contributed by atoms with van der Waals surface area (Å²) in [5.41, 5.74) is 3.02. The molecule has 2 heterocycles. The van der Waals surface area contributed by atoms with Gasteiger partial charge in [0.1, 0.15) is 17.4 Å². The molecule has 0 amide bonds. The highest BCUT2D eigenvalue weighted by Gasteiger charge is 2.32.